The minimum atomic E-state index is -4.90. The molecule has 4 nitrogen and oxygen atoms in total. The number of alkyl halides is 3. The first-order valence-electron chi connectivity index (χ1n) is 7.81. The van der Waals surface area contributed by atoms with E-state index in [2.05, 4.69) is 0 Å². The van der Waals surface area contributed by atoms with Gasteiger partial charge in [-0.3, -0.25) is 0 Å². The molecule has 0 bridgehead atoms. The summed E-state index contributed by atoms with van der Waals surface area (Å²) in [5.41, 5.74) is 0.453. The summed E-state index contributed by atoms with van der Waals surface area (Å²) < 4.78 is 49.7. The van der Waals surface area contributed by atoms with Gasteiger partial charge in [0.05, 0.1) is 13.1 Å². The van der Waals surface area contributed by atoms with Crippen LogP contribution in [0.15, 0.2) is 42.0 Å². The fourth-order valence-corrected chi connectivity index (χ4v) is 3.10. The molecule has 1 atom stereocenters. The van der Waals surface area contributed by atoms with Crippen molar-refractivity contribution in [3.05, 3.63) is 63.7 Å². The number of benzene rings is 2. The van der Waals surface area contributed by atoms with Gasteiger partial charge in [-0.15, -0.1) is 0 Å². The van der Waals surface area contributed by atoms with Crippen LogP contribution < -0.4 is 44.1 Å². The average Bonchev–Trinajstić information content (AvgIpc) is 2.61. The molecular weight excluding hydrogens is 408 g/mol. The van der Waals surface area contributed by atoms with E-state index >= 15 is 0 Å². The average molecular weight is 421 g/mol. The van der Waals surface area contributed by atoms with Gasteiger partial charge in [-0.25, -0.2) is 0 Å². The molecule has 2 aromatic rings. The van der Waals surface area contributed by atoms with E-state index in [4.69, 9.17) is 21.1 Å². The smallest absolute Gasteiger partial charge is 0.545 e. The Morgan fingerprint density at radius 1 is 1.25 bits per heavy atom. The number of carboxylic acids is 1. The van der Waals surface area contributed by atoms with Crippen molar-refractivity contribution in [1.29, 1.82) is 0 Å². The minimum Gasteiger partial charge on any atom is -0.545 e. The molecular formula is C19H13ClF3NaO4. The Labute approximate surface area is 186 Å². The van der Waals surface area contributed by atoms with E-state index < -0.39 is 23.8 Å². The number of carboxylic acid groups (broad SMARTS) is 1. The maximum absolute atomic E-state index is 13.2. The van der Waals surface area contributed by atoms with Crippen molar-refractivity contribution in [3.8, 4) is 11.5 Å². The third-order valence-electron chi connectivity index (χ3n) is 4.12. The molecule has 3 rings (SSSR count). The number of carbonyl (C=O) groups is 1. The molecule has 9 heteroatoms. The molecule has 0 aliphatic carbocycles. The van der Waals surface area contributed by atoms with E-state index in [0.717, 1.165) is 11.6 Å². The number of carbonyl (C=O) groups excluding carboxylic acids is 1. The first-order chi connectivity index (χ1) is 12.7. The van der Waals surface area contributed by atoms with Crippen LogP contribution in [0.1, 0.15) is 16.7 Å². The maximum Gasteiger partial charge on any atom is 1.00 e. The zero-order valence-electron chi connectivity index (χ0n) is 15.0. The quantitative estimate of drug-likeness (QED) is 0.672. The molecule has 142 valence electrons. The summed E-state index contributed by atoms with van der Waals surface area (Å²) in [6, 6.07) is 9.91. The predicted molar refractivity (Wildman–Crippen MR) is 90.7 cm³/mol. The topological polar surface area (TPSA) is 58.6 Å². The summed E-state index contributed by atoms with van der Waals surface area (Å²) in [6.45, 7) is 0. The molecule has 0 fully saturated rings. The Morgan fingerprint density at radius 3 is 2.54 bits per heavy atom. The number of fused-ring (bicyclic) bond motifs is 1. The molecule has 0 N–H and O–H groups in total. The van der Waals surface area contributed by atoms with E-state index in [1.807, 2.05) is 6.07 Å². The first-order valence-corrected chi connectivity index (χ1v) is 8.19. The predicted octanol–water partition coefficient (Wildman–Crippen LogP) is 0.400. The third-order valence-corrected chi connectivity index (χ3v) is 4.48. The molecule has 28 heavy (non-hydrogen) atoms. The van der Waals surface area contributed by atoms with Crippen LogP contribution in [0.2, 0.25) is 5.02 Å². The Kier molecular flexibility index (Phi) is 7.09. The van der Waals surface area contributed by atoms with Gasteiger partial charge in [0.15, 0.2) is 0 Å². The molecule has 1 aliphatic rings. The van der Waals surface area contributed by atoms with E-state index in [0.29, 0.717) is 17.7 Å². The van der Waals surface area contributed by atoms with Gasteiger partial charge < -0.3 is 19.4 Å². The molecule has 0 saturated carbocycles. The van der Waals surface area contributed by atoms with Gasteiger partial charge in [-0.05, 0) is 35.4 Å². The zero-order valence-corrected chi connectivity index (χ0v) is 17.7. The second-order valence-corrected chi connectivity index (χ2v) is 6.30. The SMILES string of the molecule is COc1ccccc1Cc1cc2c(cc1Cl)C=C(C(=O)[O-])C(C(F)(F)F)O2.[Na+]. The number of ether oxygens (including phenoxy) is 2. The number of hydrogen-bond acceptors (Lipinski definition) is 4. The molecule has 1 unspecified atom stereocenters. The van der Waals surface area contributed by atoms with Crippen LogP contribution >= 0.6 is 11.6 Å². The normalized spacial score (nSPS) is 15.6. The fraction of sp³-hybridized carbons (Fsp3) is 0.211. The van der Waals surface area contributed by atoms with Crippen molar-refractivity contribution in [2.75, 3.05) is 7.11 Å². The summed E-state index contributed by atoms with van der Waals surface area (Å²) in [7, 11) is 1.51. The van der Waals surface area contributed by atoms with Crippen molar-refractivity contribution in [3.63, 3.8) is 0 Å². The van der Waals surface area contributed by atoms with Crippen molar-refractivity contribution in [2.24, 2.45) is 0 Å². The van der Waals surface area contributed by atoms with Crippen LogP contribution in [0.3, 0.4) is 0 Å². The largest absolute Gasteiger partial charge is 1.00 e. The van der Waals surface area contributed by atoms with Crippen LogP contribution in [0.5, 0.6) is 11.5 Å². The van der Waals surface area contributed by atoms with Crippen LogP contribution in [-0.2, 0) is 11.2 Å². The number of aliphatic carboxylic acids is 1. The van der Waals surface area contributed by atoms with Crippen molar-refractivity contribution >= 4 is 23.6 Å². The Morgan fingerprint density at radius 2 is 1.93 bits per heavy atom. The van der Waals surface area contributed by atoms with Gasteiger partial charge in [-0.1, -0.05) is 29.8 Å². The van der Waals surface area contributed by atoms with Gasteiger partial charge in [0, 0.05) is 22.6 Å². The second kappa shape index (κ2) is 8.78. The maximum atomic E-state index is 13.2. The summed E-state index contributed by atoms with van der Waals surface area (Å²) in [4.78, 5) is 11.1. The van der Waals surface area contributed by atoms with Crippen LogP contribution in [0.25, 0.3) is 6.08 Å². The Bertz CT molecular complexity index is 928. The van der Waals surface area contributed by atoms with Crippen molar-refractivity contribution < 1.29 is 62.1 Å². The molecule has 0 amide bonds. The Hall–Kier alpha value is -1.67. The standard InChI is InChI=1S/C19H14ClF3O4.Na/c1-26-15-5-3-2-4-10(15)6-11-9-16-12(8-14(11)20)7-13(18(24)25)17(27-16)19(21,22)23;/h2-5,7-9,17H,6H2,1H3,(H,24,25);/q;+1/p-1. The zero-order chi connectivity index (χ0) is 19.8. The molecule has 0 saturated heterocycles. The van der Waals surface area contributed by atoms with E-state index in [1.54, 1.807) is 18.2 Å². The summed E-state index contributed by atoms with van der Waals surface area (Å²) in [5, 5.41) is 11.3. The van der Waals surface area contributed by atoms with E-state index in [1.165, 1.54) is 19.2 Å². The number of hydrogen-bond donors (Lipinski definition) is 0. The van der Waals surface area contributed by atoms with Gasteiger partial charge in [-0.2, -0.15) is 13.2 Å². The summed E-state index contributed by atoms with van der Waals surface area (Å²) >= 11 is 6.25. The minimum absolute atomic E-state index is 0. The van der Waals surface area contributed by atoms with E-state index in [-0.39, 0.29) is 45.9 Å². The molecule has 0 radical (unpaired) electrons. The molecule has 1 aliphatic heterocycles. The van der Waals surface area contributed by atoms with Crippen LogP contribution in [0.4, 0.5) is 13.2 Å². The monoisotopic (exact) mass is 420 g/mol. The number of halogens is 4. The Balaban J connectivity index is 0.00000280. The first kappa shape index (κ1) is 22.6. The number of rotatable bonds is 4. The number of methoxy groups -OCH3 is 1. The van der Waals surface area contributed by atoms with Gasteiger partial charge in [0.25, 0.3) is 0 Å². The fourth-order valence-electron chi connectivity index (χ4n) is 2.86. The van der Waals surface area contributed by atoms with Gasteiger partial charge in [0.1, 0.15) is 11.5 Å². The summed E-state index contributed by atoms with van der Waals surface area (Å²) in [6.07, 6.45) is -6.32. The molecule has 0 aromatic heterocycles. The van der Waals surface area contributed by atoms with Crippen LogP contribution in [-0.4, -0.2) is 25.4 Å². The molecule has 0 spiro atoms. The summed E-state index contributed by atoms with van der Waals surface area (Å²) in [5.74, 6) is -1.44. The van der Waals surface area contributed by atoms with E-state index in [9.17, 15) is 23.1 Å². The molecule has 1 heterocycles. The van der Waals surface area contributed by atoms with Crippen LogP contribution in [0, 0.1) is 0 Å². The number of para-hydroxylation sites is 1. The second-order valence-electron chi connectivity index (χ2n) is 5.90. The van der Waals surface area contributed by atoms with Gasteiger partial charge in [0.2, 0.25) is 6.10 Å². The van der Waals surface area contributed by atoms with Gasteiger partial charge >= 0.3 is 35.7 Å². The molecule has 2 aromatic carbocycles. The van der Waals surface area contributed by atoms with Crippen molar-refractivity contribution in [2.45, 2.75) is 18.7 Å². The van der Waals surface area contributed by atoms with Crippen molar-refractivity contribution in [1.82, 2.24) is 0 Å². The third kappa shape index (κ3) is 4.66.